The van der Waals surface area contributed by atoms with Crippen LogP contribution in [0.15, 0.2) is 67.3 Å². The van der Waals surface area contributed by atoms with Gasteiger partial charge in [-0.05, 0) is 74.1 Å². The SMILES string of the molecule is O=C(NS(=O)(=O)N(CC1CC1)c1cccnc1)c1cnc2ccc(N3CCCC3c3cc(F)ccc3F)cn12. The van der Waals surface area contributed by atoms with Gasteiger partial charge >= 0.3 is 10.2 Å². The minimum absolute atomic E-state index is 0.0284. The summed E-state index contributed by atoms with van der Waals surface area (Å²) in [5.74, 6) is -1.60. The summed E-state index contributed by atoms with van der Waals surface area (Å²) in [6.45, 7) is 0.858. The van der Waals surface area contributed by atoms with E-state index in [4.69, 9.17) is 0 Å². The second-order valence-corrected chi connectivity index (χ2v) is 11.5. The number of carbonyl (C=O) groups is 1. The number of carbonyl (C=O) groups excluding carboxylic acids is 1. The fraction of sp³-hybridized carbons (Fsp3) is 0.296. The molecule has 6 rings (SSSR count). The van der Waals surface area contributed by atoms with Gasteiger partial charge in [-0.25, -0.2) is 18.5 Å². The third kappa shape index (κ3) is 5.03. The molecule has 39 heavy (non-hydrogen) atoms. The van der Waals surface area contributed by atoms with E-state index in [-0.39, 0.29) is 29.8 Å². The second-order valence-electron chi connectivity index (χ2n) is 9.90. The van der Waals surface area contributed by atoms with Crippen LogP contribution in [0.4, 0.5) is 20.2 Å². The molecule has 0 radical (unpaired) electrons. The predicted octanol–water partition coefficient (Wildman–Crippen LogP) is 4.24. The second kappa shape index (κ2) is 9.92. The number of pyridine rings is 2. The molecule has 1 aromatic carbocycles. The van der Waals surface area contributed by atoms with Crippen LogP contribution in [-0.4, -0.2) is 41.8 Å². The number of aromatic nitrogens is 3. The van der Waals surface area contributed by atoms with E-state index in [0.717, 1.165) is 31.4 Å². The third-order valence-electron chi connectivity index (χ3n) is 7.19. The van der Waals surface area contributed by atoms with Crippen LogP contribution in [0.1, 0.15) is 47.8 Å². The van der Waals surface area contributed by atoms with Gasteiger partial charge in [0.15, 0.2) is 0 Å². The van der Waals surface area contributed by atoms with Crippen molar-refractivity contribution in [3.05, 3.63) is 90.1 Å². The molecule has 0 spiro atoms. The summed E-state index contributed by atoms with van der Waals surface area (Å²) in [6, 6.07) is 9.83. The van der Waals surface area contributed by atoms with Crippen LogP contribution in [0, 0.1) is 17.6 Å². The van der Waals surface area contributed by atoms with Gasteiger partial charge in [-0.3, -0.25) is 18.5 Å². The number of amides is 1. The Balaban J connectivity index is 1.29. The molecule has 1 N–H and O–H groups in total. The number of imidazole rings is 1. The van der Waals surface area contributed by atoms with E-state index in [1.54, 1.807) is 36.7 Å². The van der Waals surface area contributed by atoms with Crippen molar-refractivity contribution in [2.45, 2.75) is 31.7 Å². The molecule has 2 fully saturated rings. The standard InChI is InChI=1S/C27H26F2N6O3S/c28-19-7-9-23(29)22(13-19)24-4-2-12-33(24)21-8-10-26-31-15-25(34(26)17-21)27(36)32-39(37,38)35(16-18-5-6-18)20-3-1-11-30-14-20/h1,3,7-11,13-15,17-18,24H,2,4-6,12,16H2,(H,32,36). The molecule has 1 aliphatic heterocycles. The highest BCUT2D eigenvalue weighted by Crippen LogP contribution is 2.37. The summed E-state index contributed by atoms with van der Waals surface area (Å²) >= 11 is 0. The van der Waals surface area contributed by atoms with E-state index in [9.17, 15) is 22.0 Å². The first-order chi connectivity index (χ1) is 18.8. The summed E-state index contributed by atoms with van der Waals surface area (Å²) in [7, 11) is -4.24. The first-order valence-corrected chi connectivity index (χ1v) is 14.2. The summed E-state index contributed by atoms with van der Waals surface area (Å²) in [5, 5.41) is 0. The molecule has 1 saturated heterocycles. The van der Waals surface area contributed by atoms with Crippen molar-refractivity contribution in [2.75, 3.05) is 22.3 Å². The lowest BCUT2D eigenvalue weighted by Crippen LogP contribution is -2.45. The molecule has 12 heteroatoms. The highest BCUT2D eigenvalue weighted by molar-refractivity contribution is 7.91. The quantitative estimate of drug-likeness (QED) is 0.351. The Morgan fingerprint density at radius 3 is 2.72 bits per heavy atom. The first-order valence-electron chi connectivity index (χ1n) is 12.7. The van der Waals surface area contributed by atoms with Gasteiger partial charge in [0.05, 0.1) is 29.8 Å². The van der Waals surface area contributed by atoms with E-state index in [0.29, 0.717) is 30.0 Å². The Kier molecular flexibility index (Phi) is 6.42. The number of hydrogen-bond acceptors (Lipinski definition) is 6. The third-order valence-corrected chi connectivity index (χ3v) is 8.57. The number of fused-ring (bicyclic) bond motifs is 1. The number of rotatable bonds is 8. The summed E-state index contributed by atoms with van der Waals surface area (Å²) in [4.78, 5) is 23.5. The molecule has 1 amide bonds. The molecular formula is C27H26F2N6O3S. The van der Waals surface area contributed by atoms with Gasteiger partial charge < -0.3 is 4.90 Å². The van der Waals surface area contributed by atoms with Crippen LogP contribution in [0.3, 0.4) is 0 Å². The molecule has 1 unspecified atom stereocenters. The molecule has 2 aliphatic rings. The molecule has 3 aromatic heterocycles. The van der Waals surface area contributed by atoms with Gasteiger partial charge in [-0.1, -0.05) is 0 Å². The van der Waals surface area contributed by atoms with Crippen molar-refractivity contribution in [1.29, 1.82) is 0 Å². The number of halogens is 2. The van der Waals surface area contributed by atoms with E-state index < -0.39 is 27.8 Å². The minimum atomic E-state index is -4.24. The fourth-order valence-electron chi connectivity index (χ4n) is 5.08. The van der Waals surface area contributed by atoms with Crippen molar-refractivity contribution in [2.24, 2.45) is 5.92 Å². The van der Waals surface area contributed by atoms with Crippen LogP contribution in [0.2, 0.25) is 0 Å². The van der Waals surface area contributed by atoms with Crippen LogP contribution in [0.5, 0.6) is 0 Å². The van der Waals surface area contributed by atoms with Crippen LogP contribution in [0.25, 0.3) is 5.65 Å². The lowest BCUT2D eigenvalue weighted by molar-refractivity contribution is 0.0975. The van der Waals surface area contributed by atoms with Crippen molar-refractivity contribution in [1.82, 2.24) is 19.1 Å². The van der Waals surface area contributed by atoms with Crippen molar-refractivity contribution < 1.29 is 22.0 Å². The number of anilines is 2. The zero-order chi connectivity index (χ0) is 27.1. The zero-order valence-corrected chi connectivity index (χ0v) is 21.7. The maximum absolute atomic E-state index is 14.6. The van der Waals surface area contributed by atoms with E-state index in [1.807, 2.05) is 4.90 Å². The first kappa shape index (κ1) is 25.2. The Morgan fingerprint density at radius 2 is 1.95 bits per heavy atom. The molecule has 1 saturated carbocycles. The molecule has 1 aliphatic carbocycles. The molecule has 9 nitrogen and oxygen atoms in total. The zero-order valence-electron chi connectivity index (χ0n) is 20.9. The number of benzene rings is 1. The Bertz CT molecular complexity index is 1640. The van der Waals surface area contributed by atoms with Gasteiger partial charge in [-0.2, -0.15) is 8.42 Å². The molecular weight excluding hydrogens is 526 g/mol. The number of nitrogens with one attached hydrogen (secondary N) is 1. The maximum Gasteiger partial charge on any atom is 0.326 e. The highest BCUT2D eigenvalue weighted by Gasteiger charge is 2.33. The van der Waals surface area contributed by atoms with Gasteiger partial charge in [0, 0.05) is 31.0 Å². The van der Waals surface area contributed by atoms with Crippen molar-refractivity contribution >= 4 is 33.1 Å². The molecule has 0 bridgehead atoms. The predicted molar refractivity (Wildman–Crippen MR) is 142 cm³/mol. The number of hydrogen-bond donors (Lipinski definition) is 1. The van der Waals surface area contributed by atoms with Crippen molar-refractivity contribution in [3.63, 3.8) is 0 Å². The smallest absolute Gasteiger partial charge is 0.326 e. The fourth-order valence-corrected chi connectivity index (χ4v) is 6.32. The van der Waals surface area contributed by atoms with Gasteiger partial charge in [0.2, 0.25) is 0 Å². The van der Waals surface area contributed by atoms with Crippen molar-refractivity contribution in [3.8, 4) is 0 Å². The Morgan fingerprint density at radius 1 is 1.10 bits per heavy atom. The lowest BCUT2D eigenvalue weighted by atomic mass is 10.0. The Labute approximate surface area is 224 Å². The minimum Gasteiger partial charge on any atom is -0.363 e. The lowest BCUT2D eigenvalue weighted by Gasteiger charge is -2.27. The molecule has 4 heterocycles. The van der Waals surface area contributed by atoms with E-state index in [2.05, 4.69) is 14.7 Å². The number of nitrogens with zero attached hydrogens (tertiary/aromatic N) is 5. The maximum atomic E-state index is 14.6. The molecule has 4 aromatic rings. The van der Waals surface area contributed by atoms with E-state index >= 15 is 0 Å². The Hall–Kier alpha value is -4.06. The van der Waals surface area contributed by atoms with E-state index in [1.165, 1.54) is 27.2 Å². The normalized spacial score (nSPS) is 17.5. The summed E-state index contributed by atoms with van der Waals surface area (Å²) < 4.78 is 60.0. The van der Waals surface area contributed by atoms with Crippen LogP contribution < -0.4 is 13.9 Å². The van der Waals surface area contributed by atoms with Crippen LogP contribution in [-0.2, 0) is 10.2 Å². The van der Waals surface area contributed by atoms with Crippen LogP contribution >= 0.6 is 0 Å². The monoisotopic (exact) mass is 552 g/mol. The average Bonchev–Trinajstić information content (AvgIpc) is 3.44. The van der Waals surface area contributed by atoms with Gasteiger partial charge in [0.25, 0.3) is 5.91 Å². The topological polar surface area (TPSA) is 99.9 Å². The largest absolute Gasteiger partial charge is 0.363 e. The van der Waals surface area contributed by atoms with Gasteiger partial charge in [-0.15, -0.1) is 0 Å². The molecule has 1 atom stereocenters. The summed E-state index contributed by atoms with van der Waals surface area (Å²) in [6.07, 6.45) is 9.24. The molecule has 202 valence electrons. The summed E-state index contributed by atoms with van der Waals surface area (Å²) in [5.41, 5.74) is 1.79. The van der Waals surface area contributed by atoms with Gasteiger partial charge in [0.1, 0.15) is 23.0 Å². The average molecular weight is 553 g/mol. The highest BCUT2D eigenvalue weighted by atomic mass is 32.2.